The molecule has 2 unspecified atom stereocenters. The molecule has 7 heteroatoms. The summed E-state index contributed by atoms with van der Waals surface area (Å²) in [7, 11) is -3.37. The lowest BCUT2D eigenvalue weighted by Gasteiger charge is -2.38. The Bertz CT molecular complexity index is 1130. The lowest BCUT2D eigenvalue weighted by Crippen LogP contribution is -2.49. The van der Waals surface area contributed by atoms with Gasteiger partial charge in [-0.25, -0.2) is 13.4 Å². The van der Waals surface area contributed by atoms with Gasteiger partial charge in [-0.3, -0.25) is 4.79 Å². The van der Waals surface area contributed by atoms with Gasteiger partial charge in [0.25, 0.3) is 5.91 Å². The summed E-state index contributed by atoms with van der Waals surface area (Å²) in [4.78, 5) is 22.7. The van der Waals surface area contributed by atoms with E-state index in [4.69, 9.17) is 0 Å². The molecule has 2 saturated heterocycles. The van der Waals surface area contributed by atoms with Crippen LogP contribution in [0.15, 0.2) is 59.8 Å². The lowest BCUT2D eigenvalue weighted by atomic mass is 10.0. The lowest BCUT2D eigenvalue weighted by molar-refractivity contribution is 0.0598. The van der Waals surface area contributed by atoms with Crippen molar-refractivity contribution >= 4 is 26.8 Å². The molecular formula is C21H21N3O3S. The van der Waals surface area contributed by atoms with E-state index in [0.29, 0.717) is 23.3 Å². The molecule has 2 aliphatic heterocycles. The highest BCUT2D eigenvalue weighted by Gasteiger charge is 2.47. The minimum Gasteiger partial charge on any atom is -0.345 e. The molecule has 6 nitrogen and oxygen atoms in total. The van der Waals surface area contributed by atoms with Crippen molar-refractivity contribution in [3.8, 4) is 0 Å². The van der Waals surface area contributed by atoms with Crippen LogP contribution in [-0.4, -0.2) is 46.5 Å². The summed E-state index contributed by atoms with van der Waals surface area (Å²) in [6.07, 6.45) is 4.35. The van der Waals surface area contributed by atoms with Crippen LogP contribution in [0.2, 0.25) is 0 Å². The van der Waals surface area contributed by atoms with E-state index in [-0.39, 0.29) is 18.0 Å². The number of aromatic amines is 1. The average Bonchev–Trinajstić information content (AvgIpc) is 3.29. The van der Waals surface area contributed by atoms with E-state index in [2.05, 4.69) is 9.97 Å². The van der Waals surface area contributed by atoms with Crippen LogP contribution in [0.1, 0.15) is 36.0 Å². The van der Waals surface area contributed by atoms with Gasteiger partial charge >= 0.3 is 0 Å². The van der Waals surface area contributed by atoms with E-state index >= 15 is 0 Å². The Morgan fingerprint density at radius 1 is 1.04 bits per heavy atom. The van der Waals surface area contributed by atoms with Gasteiger partial charge in [0, 0.05) is 17.6 Å². The van der Waals surface area contributed by atoms with Crippen molar-refractivity contribution in [2.24, 2.45) is 0 Å². The van der Waals surface area contributed by atoms with E-state index in [9.17, 15) is 13.2 Å². The predicted octanol–water partition coefficient (Wildman–Crippen LogP) is 3.17. The van der Waals surface area contributed by atoms with E-state index in [1.807, 2.05) is 23.1 Å². The first kappa shape index (κ1) is 17.4. The summed E-state index contributed by atoms with van der Waals surface area (Å²) >= 11 is 0. The summed E-state index contributed by atoms with van der Waals surface area (Å²) in [6.45, 7) is 0. The number of fused-ring (bicyclic) bond motifs is 3. The number of benzene rings is 2. The molecule has 0 radical (unpaired) electrons. The van der Waals surface area contributed by atoms with Crippen LogP contribution < -0.4 is 0 Å². The fourth-order valence-corrected chi connectivity index (χ4v) is 6.60. The van der Waals surface area contributed by atoms with Crippen molar-refractivity contribution in [3.05, 3.63) is 60.4 Å². The van der Waals surface area contributed by atoms with Gasteiger partial charge in [0.15, 0.2) is 9.84 Å². The Kier molecular flexibility index (Phi) is 4.01. The number of rotatable bonds is 3. The molecule has 5 rings (SSSR count). The first-order valence-electron chi connectivity index (χ1n) is 9.59. The van der Waals surface area contributed by atoms with Gasteiger partial charge in [-0.1, -0.05) is 18.2 Å². The number of amides is 1. The molecule has 2 bridgehead atoms. The van der Waals surface area contributed by atoms with Crippen molar-refractivity contribution in [1.29, 1.82) is 0 Å². The summed E-state index contributed by atoms with van der Waals surface area (Å²) < 4.78 is 26.1. The fourth-order valence-electron chi connectivity index (χ4n) is 4.73. The fraction of sp³-hybridized carbons (Fsp3) is 0.333. The van der Waals surface area contributed by atoms with Crippen molar-refractivity contribution in [3.63, 3.8) is 0 Å². The third kappa shape index (κ3) is 2.73. The molecule has 144 valence electrons. The summed E-state index contributed by atoms with van der Waals surface area (Å²) in [5, 5.41) is -0.425. The van der Waals surface area contributed by atoms with Crippen LogP contribution in [0, 0.1) is 0 Å². The highest BCUT2D eigenvalue weighted by Crippen LogP contribution is 2.40. The standard InChI is InChI=1S/C21H21N3O3S/c25-21(14-6-9-19-20(10-14)23-13-22-19)24-15-7-8-16(24)12-18(11-15)28(26,27)17-4-2-1-3-5-17/h1-6,9-10,13,15-16,18H,7-8,11-12H2,(H,22,23). The Hall–Kier alpha value is -2.67. The molecule has 3 aromatic rings. The SMILES string of the molecule is O=C(c1ccc2nc[nH]c2c1)N1C2CCC1CC(S(=O)(=O)c1ccccc1)C2. The number of piperidine rings is 1. The number of sulfone groups is 1. The van der Waals surface area contributed by atoms with Crippen LogP contribution in [0.4, 0.5) is 0 Å². The summed E-state index contributed by atoms with van der Waals surface area (Å²) in [5.41, 5.74) is 2.28. The molecule has 0 spiro atoms. The van der Waals surface area contributed by atoms with Crippen molar-refractivity contribution in [2.45, 2.75) is 47.9 Å². The molecular weight excluding hydrogens is 374 g/mol. The van der Waals surface area contributed by atoms with Gasteiger partial charge in [0.2, 0.25) is 0 Å². The number of imidazole rings is 1. The minimum absolute atomic E-state index is 0.0143. The smallest absolute Gasteiger partial charge is 0.254 e. The maximum Gasteiger partial charge on any atom is 0.254 e. The van der Waals surface area contributed by atoms with E-state index in [0.717, 1.165) is 23.9 Å². The molecule has 2 aliphatic rings. The quantitative estimate of drug-likeness (QED) is 0.738. The topological polar surface area (TPSA) is 83.1 Å². The van der Waals surface area contributed by atoms with Crippen molar-refractivity contribution < 1.29 is 13.2 Å². The van der Waals surface area contributed by atoms with Crippen LogP contribution in [-0.2, 0) is 9.84 Å². The number of carbonyl (C=O) groups is 1. The minimum atomic E-state index is -3.37. The zero-order valence-electron chi connectivity index (χ0n) is 15.3. The second-order valence-corrected chi connectivity index (χ2v) is 9.91. The molecule has 2 atom stereocenters. The van der Waals surface area contributed by atoms with Gasteiger partial charge in [0.1, 0.15) is 0 Å². The van der Waals surface area contributed by atoms with Crippen LogP contribution in [0.3, 0.4) is 0 Å². The number of hydrogen-bond acceptors (Lipinski definition) is 4. The van der Waals surface area contributed by atoms with Crippen molar-refractivity contribution in [1.82, 2.24) is 14.9 Å². The Morgan fingerprint density at radius 2 is 1.75 bits per heavy atom. The van der Waals surface area contributed by atoms with Gasteiger partial charge < -0.3 is 9.88 Å². The molecule has 0 aliphatic carbocycles. The van der Waals surface area contributed by atoms with Crippen LogP contribution in [0.5, 0.6) is 0 Å². The van der Waals surface area contributed by atoms with Crippen molar-refractivity contribution in [2.75, 3.05) is 0 Å². The van der Waals surface area contributed by atoms with Gasteiger partial charge in [-0.2, -0.15) is 0 Å². The number of hydrogen-bond donors (Lipinski definition) is 1. The molecule has 3 heterocycles. The van der Waals surface area contributed by atoms with E-state index in [1.165, 1.54) is 0 Å². The van der Waals surface area contributed by atoms with Crippen LogP contribution in [0.25, 0.3) is 11.0 Å². The number of H-pyrrole nitrogens is 1. The molecule has 1 amide bonds. The molecule has 0 saturated carbocycles. The van der Waals surface area contributed by atoms with E-state index < -0.39 is 15.1 Å². The largest absolute Gasteiger partial charge is 0.345 e. The van der Waals surface area contributed by atoms with Gasteiger partial charge in [-0.05, 0) is 56.0 Å². The first-order chi connectivity index (χ1) is 13.5. The highest BCUT2D eigenvalue weighted by atomic mass is 32.2. The zero-order valence-corrected chi connectivity index (χ0v) is 16.1. The molecule has 28 heavy (non-hydrogen) atoms. The molecule has 1 aromatic heterocycles. The highest BCUT2D eigenvalue weighted by molar-refractivity contribution is 7.92. The van der Waals surface area contributed by atoms with Gasteiger partial charge in [0.05, 0.1) is 27.5 Å². The average molecular weight is 395 g/mol. The maximum atomic E-state index is 13.2. The summed E-state index contributed by atoms with van der Waals surface area (Å²) in [6, 6.07) is 14.1. The maximum absolute atomic E-state index is 13.2. The summed E-state index contributed by atoms with van der Waals surface area (Å²) in [5.74, 6) is -0.0143. The van der Waals surface area contributed by atoms with E-state index in [1.54, 1.807) is 36.7 Å². The number of nitrogens with zero attached hydrogens (tertiary/aromatic N) is 2. The Labute approximate surface area is 163 Å². The van der Waals surface area contributed by atoms with Crippen LogP contribution >= 0.6 is 0 Å². The number of aromatic nitrogens is 2. The Balaban J connectivity index is 1.40. The molecule has 2 fully saturated rings. The number of carbonyl (C=O) groups excluding carboxylic acids is 1. The third-order valence-electron chi connectivity index (χ3n) is 6.10. The normalized spacial score (nSPS) is 24.6. The third-order valence-corrected chi connectivity index (χ3v) is 8.29. The number of nitrogens with one attached hydrogen (secondary N) is 1. The zero-order chi connectivity index (χ0) is 19.3. The first-order valence-corrected chi connectivity index (χ1v) is 11.1. The Morgan fingerprint density at radius 3 is 2.46 bits per heavy atom. The monoisotopic (exact) mass is 395 g/mol. The second kappa shape index (κ2) is 6.44. The van der Waals surface area contributed by atoms with Gasteiger partial charge in [-0.15, -0.1) is 0 Å². The predicted molar refractivity (Wildman–Crippen MR) is 106 cm³/mol. The second-order valence-electron chi connectivity index (χ2n) is 7.68. The molecule has 2 aromatic carbocycles. The molecule has 1 N–H and O–H groups in total.